The number of amides is 1. The summed E-state index contributed by atoms with van der Waals surface area (Å²) in [5.41, 5.74) is 4.09. The molecule has 1 atom stereocenters. The van der Waals surface area contributed by atoms with Gasteiger partial charge in [0.1, 0.15) is 5.75 Å². The van der Waals surface area contributed by atoms with E-state index in [1.54, 1.807) is 31.4 Å². The van der Waals surface area contributed by atoms with Gasteiger partial charge in [-0.05, 0) is 56.7 Å². The number of ether oxygens (including phenoxy) is 1. The summed E-state index contributed by atoms with van der Waals surface area (Å²) < 4.78 is 33.0. The van der Waals surface area contributed by atoms with Crippen molar-refractivity contribution in [3.05, 3.63) is 77.1 Å². The van der Waals surface area contributed by atoms with E-state index in [1.165, 1.54) is 18.4 Å². The average molecular weight is 456 g/mol. The Labute approximate surface area is 189 Å². The van der Waals surface area contributed by atoms with Gasteiger partial charge in [0.2, 0.25) is 10.0 Å². The fourth-order valence-electron chi connectivity index (χ4n) is 3.64. The summed E-state index contributed by atoms with van der Waals surface area (Å²) in [7, 11) is 1.12. The molecule has 8 heteroatoms. The number of sulfonamides is 1. The van der Waals surface area contributed by atoms with Gasteiger partial charge in [-0.25, -0.2) is 12.7 Å². The number of carbonyl (C=O) groups excluding carboxylic acids is 1. The van der Waals surface area contributed by atoms with Gasteiger partial charge in [-0.1, -0.05) is 18.2 Å². The Balaban J connectivity index is 1.82. The number of nitrogens with zero attached hydrogens (tertiary/aromatic N) is 2. The van der Waals surface area contributed by atoms with E-state index in [0.717, 1.165) is 28.4 Å². The molecule has 0 aliphatic heterocycles. The molecule has 0 spiro atoms. The van der Waals surface area contributed by atoms with E-state index in [2.05, 4.69) is 5.32 Å². The number of aromatic nitrogens is 1. The number of hydrogen-bond donors (Lipinski definition) is 1. The lowest BCUT2D eigenvalue weighted by Gasteiger charge is -2.16. The predicted molar refractivity (Wildman–Crippen MR) is 125 cm³/mol. The minimum Gasteiger partial charge on any atom is -0.497 e. The van der Waals surface area contributed by atoms with Crippen LogP contribution in [0.25, 0.3) is 5.69 Å². The first-order valence-corrected chi connectivity index (χ1v) is 11.7. The first-order valence-electron chi connectivity index (χ1n) is 10.2. The van der Waals surface area contributed by atoms with Crippen molar-refractivity contribution in [3.63, 3.8) is 0 Å². The number of hydrogen-bond acceptors (Lipinski definition) is 4. The molecule has 1 amide bonds. The van der Waals surface area contributed by atoms with E-state index in [-0.39, 0.29) is 16.8 Å². The Kier molecular flexibility index (Phi) is 6.76. The first kappa shape index (κ1) is 23.6. The quantitative estimate of drug-likeness (QED) is 0.587. The van der Waals surface area contributed by atoms with E-state index in [4.69, 9.17) is 4.74 Å². The second-order valence-corrected chi connectivity index (χ2v) is 10.0. The highest BCUT2D eigenvalue weighted by Crippen LogP contribution is 2.25. The van der Waals surface area contributed by atoms with Crippen LogP contribution in [0.2, 0.25) is 0 Å². The molecule has 7 nitrogen and oxygen atoms in total. The third-order valence-electron chi connectivity index (χ3n) is 5.49. The van der Waals surface area contributed by atoms with Crippen molar-refractivity contribution in [1.82, 2.24) is 14.2 Å². The van der Waals surface area contributed by atoms with Crippen LogP contribution in [0.15, 0.2) is 59.5 Å². The van der Waals surface area contributed by atoms with Crippen molar-refractivity contribution in [1.29, 1.82) is 0 Å². The van der Waals surface area contributed by atoms with Crippen molar-refractivity contribution in [2.75, 3.05) is 21.2 Å². The summed E-state index contributed by atoms with van der Waals surface area (Å²) >= 11 is 0. The first-order chi connectivity index (χ1) is 15.1. The van der Waals surface area contributed by atoms with E-state index in [1.807, 2.05) is 55.7 Å². The molecule has 0 radical (unpaired) electrons. The largest absolute Gasteiger partial charge is 0.497 e. The summed E-state index contributed by atoms with van der Waals surface area (Å²) in [4.78, 5) is 13.2. The summed E-state index contributed by atoms with van der Waals surface area (Å²) in [5.74, 6) is 0.555. The minimum absolute atomic E-state index is 0.190. The molecule has 0 saturated carbocycles. The van der Waals surface area contributed by atoms with Crippen LogP contribution in [-0.4, -0.2) is 44.4 Å². The van der Waals surface area contributed by atoms with Crippen LogP contribution in [0.3, 0.4) is 0 Å². The lowest BCUT2D eigenvalue weighted by Crippen LogP contribution is -2.27. The maximum Gasteiger partial charge on any atom is 0.253 e. The highest BCUT2D eigenvalue weighted by Gasteiger charge is 2.20. The summed E-state index contributed by atoms with van der Waals surface area (Å²) in [6.45, 7) is 5.73. The number of aryl methyl sites for hydroxylation is 1. The van der Waals surface area contributed by atoms with Crippen molar-refractivity contribution >= 4 is 15.9 Å². The van der Waals surface area contributed by atoms with E-state index in [9.17, 15) is 13.2 Å². The topological polar surface area (TPSA) is 80.6 Å². The van der Waals surface area contributed by atoms with Gasteiger partial charge in [0.05, 0.1) is 23.6 Å². The maximum atomic E-state index is 13.0. The molecule has 0 aliphatic carbocycles. The van der Waals surface area contributed by atoms with Gasteiger partial charge < -0.3 is 14.6 Å². The molecule has 0 aliphatic rings. The van der Waals surface area contributed by atoms with E-state index >= 15 is 0 Å². The van der Waals surface area contributed by atoms with Crippen LogP contribution in [0, 0.1) is 13.8 Å². The zero-order valence-electron chi connectivity index (χ0n) is 19.2. The molecule has 0 bridgehead atoms. The zero-order chi connectivity index (χ0) is 23.6. The fraction of sp³-hybridized carbons (Fsp3) is 0.292. The molecule has 3 aromatic rings. The number of nitrogens with one attached hydrogen (secondary N) is 1. The van der Waals surface area contributed by atoms with Crippen molar-refractivity contribution in [2.24, 2.45) is 0 Å². The molecule has 0 saturated heterocycles. The van der Waals surface area contributed by atoms with Gasteiger partial charge in [-0.3, -0.25) is 4.79 Å². The fourth-order valence-corrected chi connectivity index (χ4v) is 4.54. The van der Waals surface area contributed by atoms with Crippen LogP contribution < -0.4 is 10.1 Å². The Morgan fingerprint density at radius 2 is 1.72 bits per heavy atom. The number of rotatable bonds is 7. The van der Waals surface area contributed by atoms with Gasteiger partial charge in [-0.2, -0.15) is 0 Å². The molecule has 32 heavy (non-hydrogen) atoms. The molecule has 1 N–H and O–H groups in total. The third kappa shape index (κ3) is 4.56. The lowest BCUT2D eigenvalue weighted by molar-refractivity contribution is 0.0939. The van der Waals surface area contributed by atoms with Gasteiger partial charge in [0.25, 0.3) is 5.91 Å². The second kappa shape index (κ2) is 9.18. The van der Waals surface area contributed by atoms with E-state index < -0.39 is 10.0 Å². The van der Waals surface area contributed by atoms with Gasteiger partial charge >= 0.3 is 0 Å². The molecule has 170 valence electrons. The summed E-state index contributed by atoms with van der Waals surface area (Å²) in [6.07, 6.45) is 0. The minimum atomic E-state index is -3.49. The number of benzene rings is 2. The van der Waals surface area contributed by atoms with Crippen molar-refractivity contribution in [2.45, 2.75) is 31.7 Å². The van der Waals surface area contributed by atoms with Crippen LogP contribution in [0.1, 0.15) is 40.3 Å². The Bertz CT molecular complexity index is 1230. The monoisotopic (exact) mass is 455 g/mol. The third-order valence-corrected chi connectivity index (χ3v) is 7.32. The van der Waals surface area contributed by atoms with Crippen molar-refractivity contribution in [3.8, 4) is 11.4 Å². The van der Waals surface area contributed by atoms with Crippen LogP contribution in [0.5, 0.6) is 5.75 Å². The second-order valence-electron chi connectivity index (χ2n) is 7.87. The average Bonchev–Trinajstić information content (AvgIpc) is 3.07. The Morgan fingerprint density at radius 1 is 1.06 bits per heavy atom. The van der Waals surface area contributed by atoms with Crippen LogP contribution >= 0.6 is 0 Å². The SMILES string of the molecule is COc1cccc(-n2c(C)cc(C(=O)NC(C)c3ccc(S(=O)(=O)N(C)C)cc3)c2C)c1. The molecular weight excluding hydrogens is 426 g/mol. The Morgan fingerprint density at radius 3 is 2.31 bits per heavy atom. The molecule has 1 unspecified atom stereocenters. The van der Waals surface area contributed by atoms with Gasteiger partial charge in [-0.15, -0.1) is 0 Å². The molecular formula is C24H29N3O4S. The molecule has 1 heterocycles. The van der Waals surface area contributed by atoms with Crippen molar-refractivity contribution < 1.29 is 17.9 Å². The predicted octanol–water partition coefficient (Wildman–Crippen LogP) is 3.84. The lowest BCUT2D eigenvalue weighted by atomic mass is 10.1. The normalized spacial score (nSPS) is 12.6. The molecule has 0 fully saturated rings. The molecule has 2 aromatic carbocycles. The standard InChI is InChI=1S/C24H29N3O4S/c1-16-14-23(18(3)27(16)20-8-7-9-21(15-20)31-6)24(28)25-17(2)19-10-12-22(13-11-19)32(29,30)26(4)5/h7-15,17H,1-6H3,(H,25,28). The zero-order valence-corrected chi connectivity index (χ0v) is 20.0. The summed E-state index contributed by atoms with van der Waals surface area (Å²) in [6, 6.07) is 15.8. The van der Waals surface area contributed by atoms with Crippen LogP contribution in [-0.2, 0) is 10.0 Å². The smallest absolute Gasteiger partial charge is 0.253 e. The highest BCUT2D eigenvalue weighted by atomic mass is 32.2. The molecule has 1 aromatic heterocycles. The summed E-state index contributed by atoms with van der Waals surface area (Å²) in [5, 5.41) is 3.01. The van der Waals surface area contributed by atoms with Gasteiger partial charge in [0.15, 0.2) is 0 Å². The Hall–Kier alpha value is -3.10. The van der Waals surface area contributed by atoms with Crippen LogP contribution in [0.4, 0.5) is 0 Å². The number of carbonyl (C=O) groups is 1. The van der Waals surface area contributed by atoms with Gasteiger partial charge in [0, 0.05) is 37.2 Å². The molecule has 3 rings (SSSR count). The highest BCUT2D eigenvalue weighted by molar-refractivity contribution is 7.89. The number of methoxy groups -OCH3 is 1. The maximum absolute atomic E-state index is 13.0. The van der Waals surface area contributed by atoms with E-state index in [0.29, 0.717) is 5.56 Å².